The van der Waals surface area contributed by atoms with Gasteiger partial charge < -0.3 is 18.9 Å². The largest absolute Gasteiger partial charge is 0.459 e. The molecule has 0 radical (unpaired) electrons. The summed E-state index contributed by atoms with van der Waals surface area (Å²) >= 11 is 0. The zero-order valence-electron chi connectivity index (χ0n) is 12.7. The minimum absolute atomic E-state index is 0.0515. The van der Waals surface area contributed by atoms with Gasteiger partial charge >= 0.3 is 0 Å². The number of likely N-dealkylation sites (N-methyl/N-ethyl adjacent to an activating group) is 1. The van der Waals surface area contributed by atoms with Crippen molar-refractivity contribution >= 4 is 5.91 Å². The summed E-state index contributed by atoms with van der Waals surface area (Å²) in [6.45, 7) is 1.88. The third kappa shape index (κ3) is 4.97. The van der Waals surface area contributed by atoms with Gasteiger partial charge in [-0.15, -0.1) is 10.2 Å². The smallest absolute Gasteiger partial charge is 0.283 e. The average molecular weight is 308 g/mol. The summed E-state index contributed by atoms with van der Waals surface area (Å²) in [6, 6.07) is 3.49. The highest BCUT2D eigenvalue weighted by Crippen LogP contribution is 2.18. The highest BCUT2D eigenvalue weighted by Gasteiger charge is 2.13. The van der Waals surface area contributed by atoms with Gasteiger partial charge in [0.25, 0.3) is 5.89 Å². The predicted molar refractivity (Wildman–Crippen MR) is 77.8 cm³/mol. The number of furan rings is 1. The number of rotatable bonds is 9. The molecule has 22 heavy (non-hydrogen) atoms. The van der Waals surface area contributed by atoms with Crippen molar-refractivity contribution < 1.29 is 18.4 Å². The first-order valence-corrected chi connectivity index (χ1v) is 6.99. The van der Waals surface area contributed by atoms with E-state index in [2.05, 4.69) is 15.5 Å². The maximum atomic E-state index is 11.7. The van der Waals surface area contributed by atoms with Crippen LogP contribution in [0.15, 0.2) is 27.2 Å². The van der Waals surface area contributed by atoms with Crippen LogP contribution in [0.4, 0.5) is 0 Å². The Morgan fingerprint density at radius 1 is 1.45 bits per heavy atom. The van der Waals surface area contributed by atoms with E-state index in [0.717, 1.165) is 6.42 Å². The molecule has 2 aromatic rings. The number of aromatic nitrogens is 2. The van der Waals surface area contributed by atoms with Crippen molar-refractivity contribution in [1.29, 1.82) is 0 Å². The maximum Gasteiger partial charge on any atom is 0.283 e. The number of amides is 1. The molecule has 0 saturated heterocycles. The average Bonchev–Trinajstić information content (AvgIpc) is 3.14. The molecule has 2 heterocycles. The van der Waals surface area contributed by atoms with E-state index in [1.807, 2.05) is 7.05 Å². The first-order valence-electron chi connectivity index (χ1n) is 6.99. The van der Waals surface area contributed by atoms with E-state index >= 15 is 0 Å². The Bertz CT molecular complexity index is 567. The van der Waals surface area contributed by atoms with Gasteiger partial charge in [0, 0.05) is 20.3 Å². The summed E-state index contributed by atoms with van der Waals surface area (Å²) in [6.07, 6.45) is 2.33. The molecule has 0 saturated carbocycles. The normalized spacial score (nSPS) is 11.0. The van der Waals surface area contributed by atoms with E-state index in [0.29, 0.717) is 37.2 Å². The molecule has 0 bridgehead atoms. The summed E-state index contributed by atoms with van der Waals surface area (Å²) in [5.74, 6) is 1.24. The summed E-state index contributed by atoms with van der Waals surface area (Å²) in [5, 5.41) is 10.7. The molecule has 1 N–H and O–H groups in total. The minimum Gasteiger partial charge on any atom is -0.459 e. The number of methoxy groups -OCH3 is 1. The van der Waals surface area contributed by atoms with E-state index in [1.54, 1.807) is 30.4 Å². The van der Waals surface area contributed by atoms with Crippen molar-refractivity contribution in [3.63, 3.8) is 0 Å². The van der Waals surface area contributed by atoms with Crippen LogP contribution in [-0.4, -0.2) is 54.9 Å². The standard InChI is InChI=1S/C14H20N4O4/c1-18(9-12(19)15-6-4-7-20-2)10-13-16-17-14(22-13)11-5-3-8-21-11/h3,5,8H,4,6-7,9-10H2,1-2H3,(H,15,19). The Morgan fingerprint density at radius 2 is 2.32 bits per heavy atom. The van der Waals surface area contributed by atoms with Crippen LogP contribution in [0.25, 0.3) is 11.7 Å². The van der Waals surface area contributed by atoms with Crippen molar-refractivity contribution in [1.82, 2.24) is 20.4 Å². The van der Waals surface area contributed by atoms with E-state index in [-0.39, 0.29) is 12.5 Å². The Kier molecular flexibility index (Phi) is 6.11. The van der Waals surface area contributed by atoms with Crippen LogP contribution >= 0.6 is 0 Å². The molecular weight excluding hydrogens is 288 g/mol. The number of ether oxygens (including phenoxy) is 1. The molecular formula is C14H20N4O4. The third-order valence-electron chi connectivity index (χ3n) is 2.86. The molecule has 0 fully saturated rings. The van der Waals surface area contributed by atoms with E-state index in [4.69, 9.17) is 13.6 Å². The molecule has 1 amide bonds. The van der Waals surface area contributed by atoms with E-state index < -0.39 is 0 Å². The van der Waals surface area contributed by atoms with Crippen LogP contribution in [0.3, 0.4) is 0 Å². The van der Waals surface area contributed by atoms with Gasteiger partial charge in [-0.2, -0.15) is 0 Å². The maximum absolute atomic E-state index is 11.7. The lowest BCUT2D eigenvalue weighted by atomic mass is 10.4. The first-order chi connectivity index (χ1) is 10.7. The van der Waals surface area contributed by atoms with Crippen molar-refractivity contribution in [2.75, 3.05) is 33.9 Å². The highest BCUT2D eigenvalue weighted by molar-refractivity contribution is 5.77. The van der Waals surface area contributed by atoms with Crippen molar-refractivity contribution in [2.45, 2.75) is 13.0 Å². The molecule has 0 aliphatic heterocycles. The van der Waals surface area contributed by atoms with Crippen molar-refractivity contribution in [3.8, 4) is 11.7 Å². The van der Waals surface area contributed by atoms with Crippen LogP contribution in [0.1, 0.15) is 12.3 Å². The lowest BCUT2D eigenvalue weighted by Crippen LogP contribution is -2.35. The zero-order chi connectivity index (χ0) is 15.8. The van der Waals surface area contributed by atoms with Gasteiger partial charge in [-0.1, -0.05) is 0 Å². The molecule has 2 rings (SSSR count). The summed E-state index contributed by atoms with van der Waals surface area (Å²) < 4.78 is 15.6. The lowest BCUT2D eigenvalue weighted by Gasteiger charge is -2.13. The second kappa shape index (κ2) is 8.30. The topological polar surface area (TPSA) is 93.6 Å². The fourth-order valence-corrected chi connectivity index (χ4v) is 1.85. The van der Waals surface area contributed by atoms with Crippen molar-refractivity contribution in [2.24, 2.45) is 0 Å². The van der Waals surface area contributed by atoms with Crippen LogP contribution in [-0.2, 0) is 16.1 Å². The number of nitrogens with one attached hydrogen (secondary N) is 1. The first kappa shape index (κ1) is 16.2. The molecule has 2 aromatic heterocycles. The molecule has 120 valence electrons. The Labute approximate surface area is 128 Å². The molecule has 8 nitrogen and oxygen atoms in total. The summed E-state index contributed by atoms with van der Waals surface area (Å²) in [7, 11) is 3.45. The van der Waals surface area contributed by atoms with Gasteiger partial charge in [0.2, 0.25) is 11.8 Å². The summed E-state index contributed by atoms with van der Waals surface area (Å²) in [4.78, 5) is 13.5. The van der Waals surface area contributed by atoms with Gasteiger partial charge in [-0.3, -0.25) is 9.69 Å². The van der Waals surface area contributed by atoms with Gasteiger partial charge in [0.1, 0.15) is 0 Å². The SMILES string of the molecule is COCCCNC(=O)CN(C)Cc1nnc(-c2ccco2)o1. The molecule has 0 unspecified atom stereocenters. The third-order valence-corrected chi connectivity index (χ3v) is 2.86. The fourth-order valence-electron chi connectivity index (χ4n) is 1.85. The number of carbonyl (C=O) groups is 1. The number of nitrogens with zero attached hydrogens (tertiary/aromatic N) is 3. The number of hydrogen-bond acceptors (Lipinski definition) is 7. The van der Waals surface area contributed by atoms with Crippen LogP contribution < -0.4 is 5.32 Å². The molecule has 0 aromatic carbocycles. The van der Waals surface area contributed by atoms with Crippen molar-refractivity contribution in [3.05, 3.63) is 24.3 Å². The number of hydrogen-bond donors (Lipinski definition) is 1. The molecule has 0 spiro atoms. The van der Waals surface area contributed by atoms with Gasteiger partial charge in [0.05, 0.1) is 19.4 Å². The lowest BCUT2D eigenvalue weighted by molar-refractivity contribution is -0.122. The molecule has 8 heteroatoms. The quantitative estimate of drug-likeness (QED) is 0.688. The van der Waals surface area contributed by atoms with Gasteiger partial charge in [-0.05, 0) is 25.6 Å². The van der Waals surface area contributed by atoms with Crippen LogP contribution in [0.5, 0.6) is 0 Å². The van der Waals surface area contributed by atoms with Gasteiger partial charge in [-0.25, -0.2) is 0 Å². The fraction of sp³-hybridized carbons (Fsp3) is 0.500. The monoisotopic (exact) mass is 308 g/mol. The van der Waals surface area contributed by atoms with Crippen LogP contribution in [0, 0.1) is 0 Å². The van der Waals surface area contributed by atoms with Crippen LogP contribution in [0.2, 0.25) is 0 Å². The Hall–Kier alpha value is -2.19. The molecule has 0 atom stereocenters. The minimum atomic E-state index is -0.0515. The van der Waals surface area contributed by atoms with E-state index in [9.17, 15) is 4.79 Å². The van der Waals surface area contributed by atoms with E-state index in [1.165, 1.54) is 0 Å². The van der Waals surface area contributed by atoms with Gasteiger partial charge in [0.15, 0.2) is 5.76 Å². The summed E-state index contributed by atoms with van der Waals surface area (Å²) in [5.41, 5.74) is 0. The Balaban J connectivity index is 1.75. The molecule has 0 aliphatic rings. The molecule has 0 aliphatic carbocycles. The Morgan fingerprint density at radius 3 is 3.05 bits per heavy atom. The number of carbonyl (C=O) groups excluding carboxylic acids is 1. The zero-order valence-corrected chi connectivity index (χ0v) is 12.7. The second-order valence-corrected chi connectivity index (χ2v) is 4.85. The predicted octanol–water partition coefficient (Wildman–Crippen LogP) is 0.914. The highest BCUT2D eigenvalue weighted by atomic mass is 16.5. The second-order valence-electron chi connectivity index (χ2n) is 4.85.